The van der Waals surface area contributed by atoms with Gasteiger partial charge in [-0.05, 0) is 38.5 Å². The maximum atomic E-state index is 12.8. The Morgan fingerprint density at radius 3 is 1.75 bits per heavy atom. The van der Waals surface area contributed by atoms with Gasteiger partial charge in [-0.2, -0.15) is 8.42 Å². The van der Waals surface area contributed by atoms with Crippen molar-refractivity contribution in [3.05, 3.63) is 24.3 Å². The molecule has 13 heteroatoms. The van der Waals surface area contributed by atoms with Crippen molar-refractivity contribution in [1.29, 1.82) is 0 Å². The van der Waals surface area contributed by atoms with Crippen LogP contribution in [0.15, 0.2) is 24.3 Å². The molecular formula is C43H80O12S. The fraction of sp³-hybridized carbons (Fsp3) is 0.884. The Kier molecular flexibility index (Phi) is 33.4. The van der Waals surface area contributed by atoms with E-state index in [1.54, 1.807) is 0 Å². The van der Waals surface area contributed by atoms with Gasteiger partial charge in [-0.1, -0.05) is 160 Å². The molecule has 0 radical (unpaired) electrons. The number of aliphatic hydroxyl groups excluding tert-OH is 3. The number of ether oxygens (including phenoxy) is 4. The number of carbonyl (C=O) groups is 1. The largest absolute Gasteiger partial charge is 0.457 e. The lowest BCUT2D eigenvalue weighted by Gasteiger charge is -2.41. The van der Waals surface area contributed by atoms with E-state index in [1.807, 2.05) is 0 Å². The molecule has 12 nitrogen and oxygen atoms in total. The summed E-state index contributed by atoms with van der Waals surface area (Å²) in [6.07, 6.45) is 29.2. The smallest absolute Gasteiger partial charge is 0.397 e. The van der Waals surface area contributed by atoms with Crippen LogP contribution in [0.4, 0.5) is 0 Å². The molecule has 0 saturated carbocycles. The first kappa shape index (κ1) is 52.6. The van der Waals surface area contributed by atoms with Gasteiger partial charge in [0.25, 0.3) is 0 Å². The summed E-state index contributed by atoms with van der Waals surface area (Å²) in [5.74, 6) is -0.412. The van der Waals surface area contributed by atoms with Crippen LogP contribution in [0.25, 0.3) is 0 Å². The highest BCUT2D eigenvalue weighted by molar-refractivity contribution is 7.80. The average molecular weight is 821 g/mol. The minimum absolute atomic E-state index is 0.0339. The van der Waals surface area contributed by atoms with Gasteiger partial charge in [0.2, 0.25) is 0 Å². The lowest BCUT2D eigenvalue weighted by atomic mass is 9.99. The highest BCUT2D eigenvalue weighted by Gasteiger charge is 2.48. The Balaban J connectivity index is 2.45. The molecule has 1 fully saturated rings. The number of esters is 1. The highest BCUT2D eigenvalue weighted by Crippen LogP contribution is 2.26. The van der Waals surface area contributed by atoms with Crippen LogP contribution < -0.4 is 0 Å². The van der Waals surface area contributed by atoms with Crippen molar-refractivity contribution in [3.63, 3.8) is 0 Å². The van der Waals surface area contributed by atoms with Crippen molar-refractivity contribution >= 4 is 16.4 Å². The molecule has 4 N–H and O–H groups in total. The van der Waals surface area contributed by atoms with Gasteiger partial charge in [-0.3, -0.25) is 9.35 Å². The maximum absolute atomic E-state index is 12.8. The molecule has 330 valence electrons. The maximum Gasteiger partial charge on any atom is 0.397 e. The quantitative estimate of drug-likeness (QED) is 0.0202. The molecule has 0 bridgehead atoms. The third-order valence-electron chi connectivity index (χ3n) is 10.1. The van der Waals surface area contributed by atoms with E-state index in [0.717, 1.165) is 64.2 Å². The lowest BCUT2D eigenvalue weighted by molar-refractivity contribution is -0.301. The van der Waals surface area contributed by atoms with E-state index in [9.17, 15) is 28.5 Å². The first-order chi connectivity index (χ1) is 27.1. The summed E-state index contributed by atoms with van der Waals surface area (Å²) >= 11 is 0. The van der Waals surface area contributed by atoms with Crippen molar-refractivity contribution in [1.82, 2.24) is 0 Å². The molecule has 1 heterocycles. The number of hydrogen-bond acceptors (Lipinski definition) is 11. The summed E-state index contributed by atoms with van der Waals surface area (Å²) in [5.41, 5.74) is 0. The molecule has 1 aliphatic heterocycles. The van der Waals surface area contributed by atoms with Crippen molar-refractivity contribution in [2.75, 3.05) is 26.4 Å². The van der Waals surface area contributed by atoms with E-state index in [-0.39, 0.29) is 19.6 Å². The summed E-state index contributed by atoms with van der Waals surface area (Å²) in [4.78, 5) is 12.8. The normalized spacial score (nSPS) is 21.0. The zero-order valence-corrected chi connectivity index (χ0v) is 35.8. The minimum atomic E-state index is -5.06. The van der Waals surface area contributed by atoms with Gasteiger partial charge in [0.05, 0.1) is 19.8 Å². The van der Waals surface area contributed by atoms with Crippen LogP contribution in [0.1, 0.15) is 181 Å². The molecule has 0 amide bonds. The molecule has 6 unspecified atom stereocenters. The van der Waals surface area contributed by atoms with Gasteiger partial charge >= 0.3 is 16.4 Å². The van der Waals surface area contributed by atoms with E-state index in [2.05, 4.69) is 42.3 Å². The fourth-order valence-corrected chi connectivity index (χ4v) is 7.20. The molecule has 1 rings (SSSR count). The van der Waals surface area contributed by atoms with Crippen LogP contribution in [0.5, 0.6) is 0 Å². The lowest BCUT2D eigenvalue weighted by Crippen LogP contribution is -2.60. The molecule has 0 aliphatic carbocycles. The van der Waals surface area contributed by atoms with E-state index in [1.165, 1.54) is 89.9 Å². The monoisotopic (exact) mass is 821 g/mol. The van der Waals surface area contributed by atoms with E-state index in [0.29, 0.717) is 13.0 Å². The third-order valence-corrected chi connectivity index (χ3v) is 10.5. The van der Waals surface area contributed by atoms with Crippen molar-refractivity contribution in [2.24, 2.45) is 0 Å². The Morgan fingerprint density at radius 2 is 1.20 bits per heavy atom. The van der Waals surface area contributed by atoms with Gasteiger partial charge in [0.1, 0.15) is 30.5 Å². The molecule has 1 aliphatic rings. The van der Waals surface area contributed by atoms with Crippen LogP contribution in [-0.2, 0) is 38.3 Å². The molecule has 0 aromatic carbocycles. The number of carbonyl (C=O) groups excluding carboxylic acids is 1. The average Bonchev–Trinajstić information content (AvgIpc) is 3.17. The number of aliphatic hydroxyl groups is 3. The Hall–Kier alpha value is -1.42. The second-order valence-electron chi connectivity index (χ2n) is 15.3. The zero-order chi connectivity index (χ0) is 41.1. The predicted molar refractivity (Wildman–Crippen MR) is 221 cm³/mol. The van der Waals surface area contributed by atoms with E-state index >= 15 is 0 Å². The molecule has 0 aromatic rings. The zero-order valence-electron chi connectivity index (χ0n) is 34.9. The summed E-state index contributed by atoms with van der Waals surface area (Å²) in [6, 6.07) is 0. The summed E-state index contributed by atoms with van der Waals surface area (Å²) < 4.78 is 59.0. The molecule has 0 spiro atoms. The molecule has 1 saturated heterocycles. The van der Waals surface area contributed by atoms with E-state index in [4.69, 9.17) is 23.5 Å². The predicted octanol–water partition coefficient (Wildman–Crippen LogP) is 8.85. The third kappa shape index (κ3) is 28.9. The van der Waals surface area contributed by atoms with Crippen LogP contribution in [0.3, 0.4) is 0 Å². The second-order valence-corrected chi connectivity index (χ2v) is 16.3. The van der Waals surface area contributed by atoms with Gasteiger partial charge in [0.15, 0.2) is 6.29 Å². The van der Waals surface area contributed by atoms with Crippen molar-refractivity contribution in [2.45, 2.75) is 218 Å². The van der Waals surface area contributed by atoms with Gasteiger partial charge in [-0.25, -0.2) is 4.18 Å². The first-order valence-electron chi connectivity index (χ1n) is 22.1. The molecule has 56 heavy (non-hydrogen) atoms. The number of unbranched alkanes of at least 4 members (excludes halogenated alkanes) is 21. The SMILES string of the molecule is CCCC/C=C\C/C=C\CCCCCCCC(=O)OC(COCCCCCCCCCCCCCCCCC)COC1OC(CO)C(O)C(OS(=O)(=O)O)C1O. The summed E-state index contributed by atoms with van der Waals surface area (Å²) in [6.45, 7) is 3.94. The number of allylic oxidation sites excluding steroid dienone is 4. The van der Waals surface area contributed by atoms with Gasteiger partial charge in [-0.15, -0.1) is 0 Å². The molecule has 0 aromatic heterocycles. The highest BCUT2D eigenvalue weighted by atomic mass is 32.3. The van der Waals surface area contributed by atoms with Crippen molar-refractivity contribution in [3.8, 4) is 0 Å². The van der Waals surface area contributed by atoms with Crippen LogP contribution in [0, 0.1) is 0 Å². The fourth-order valence-electron chi connectivity index (χ4n) is 6.69. The Bertz CT molecular complexity index is 1080. The van der Waals surface area contributed by atoms with Gasteiger partial charge < -0.3 is 34.3 Å². The second kappa shape index (κ2) is 35.5. The Labute approximate surface area is 340 Å². The molecule has 6 atom stereocenters. The van der Waals surface area contributed by atoms with Crippen LogP contribution in [-0.4, -0.2) is 97.5 Å². The number of hydrogen-bond donors (Lipinski definition) is 4. The van der Waals surface area contributed by atoms with Crippen molar-refractivity contribution < 1.29 is 56.2 Å². The summed E-state index contributed by atoms with van der Waals surface area (Å²) in [7, 11) is -5.06. The standard InChI is InChI=1S/C43H80O12S/c1-3-5-7-9-11-13-15-17-19-21-23-25-27-29-31-33-51-35-37(36-52-43-41(47)42(55-56(48,49)50)40(46)38(34-44)54-43)53-39(45)32-30-28-26-24-22-20-18-16-14-12-10-8-6-4-2/h10,12,16,18,37-38,40-44,46-47H,3-9,11,13-15,17,19-36H2,1-2H3,(H,48,49,50)/b12-10-,18-16-. The minimum Gasteiger partial charge on any atom is -0.457 e. The number of rotatable bonds is 38. The Morgan fingerprint density at radius 1 is 0.679 bits per heavy atom. The first-order valence-corrected chi connectivity index (χ1v) is 23.5. The van der Waals surface area contributed by atoms with Gasteiger partial charge in [0, 0.05) is 13.0 Å². The van der Waals surface area contributed by atoms with Crippen LogP contribution in [0.2, 0.25) is 0 Å². The summed E-state index contributed by atoms with van der Waals surface area (Å²) in [5, 5.41) is 30.6. The van der Waals surface area contributed by atoms with Crippen LogP contribution >= 0.6 is 0 Å². The van der Waals surface area contributed by atoms with E-state index < -0.39 is 59.8 Å². The topological polar surface area (TPSA) is 178 Å². The molecular weight excluding hydrogens is 741 g/mol.